The van der Waals surface area contributed by atoms with E-state index in [0.717, 1.165) is 0 Å². The molecule has 1 unspecified atom stereocenters. The van der Waals surface area contributed by atoms with Crippen LogP contribution < -0.4 is 30.6 Å². The van der Waals surface area contributed by atoms with Crippen molar-refractivity contribution in [3.8, 4) is 11.6 Å². The molecule has 4 heterocycles. The molecule has 39 heavy (non-hydrogen) atoms. The minimum Gasteiger partial charge on any atom is -0.488 e. The number of hydrogen-bond acceptors (Lipinski definition) is 11. The molecular weight excluding hydrogens is 533 g/mol. The SMILES string of the molecule is CS[C@]1(CNCC(C)COc2c(F)ccc3ncc(=O)n(C)c23)CN(c2cnc3c(n2)NC(=O)CO3)C(=O)O1. The van der Waals surface area contributed by atoms with Crippen molar-refractivity contribution in [2.24, 2.45) is 13.0 Å². The lowest BCUT2D eigenvalue weighted by Gasteiger charge is -2.26. The Bertz CT molecular complexity index is 1500. The largest absolute Gasteiger partial charge is 0.488 e. The molecule has 13 nitrogen and oxygen atoms in total. The molecule has 3 aromatic rings. The van der Waals surface area contributed by atoms with Crippen molar-refractivity contribution in [2.75, 3.05) is 49.3 Å². The summed E-state index contributed by atoms with van der Waals surface area (Å²) in [5.41, 5.74) is 0.375. The van der Waals surface area contributed by atoms with E-state index in [9.17, 15) is 18.8 Å². The second-order valence-corrected chi connectivity index (χ2v) is 10.4. The van der Waals surface area contributed by atoms with Crippen LogP contribution in [0.1, 0.15) is 6.92 Å². The maximum absolute atomic E-state index is 14.6. The number of halogens is 1. The standard InChI is InChI=1S/C24H26FN7O6S/c1-13(9-36-20-14(25)4-5-15-19(20)31(2)18(34)8-27-15)6-26-11-24(39-3)12-32(23(35)38-24)16-7-28-22-21(29-16)30-17(33)10-37-22/h4-5,7-8,13,26H,6,9-12H2,1-3H3,(H,29,30,33)/t13?,24-/m1/s1. The summed E-state index contributed by atoms with van der Waals surface area (Å²) in [5, 5.41) is 5.87. The normalized spacial score (nSPS) is 19.3. The van der Waals surface area contributed by atoms with E-state index in [4.69, 9.17) is 14.2 Å². The van der Waals surface area contributed by atoms with Gasteiger partial charge in [-0.3, -0.25) is 14.5 Å². The number of carbonyl (C=O) groups is 2. The zero-order chi connectivity index (χ0) is 27.7. The third-order valence-corrected chi connectivity index (χ3v) is 7.41. The molecule has 2 amide bonds. The molecule has 0 saturated carbocycles. The Balaban J connectivity index is 1.20. The predicted octanol–water partition coefficient (Wildman–Crippen LogP) is 1.51. The van der Waals surface area contributed by atoms with Crippen LogP contribution in [0.2, 0.25) is 0 Å². The molecule has 2 aliphatic heterocycles. The molecule has 0 spiro atoms. The summed E-state index contributed by atoms with van der Waals surface area (Å²) in [4.78, 5) is 49.3. The van der Waals surface area contributed by atoms with E-state index in [1.807, 2.05) is 13.2 Å². The first-order chi connectivity index (χ1) is 18.7. The van der Waals surface area contributed by atoms with Gasteiger partial charge in [-0.2, -0.15) is 0 Å². The number of ether oxygens (including phenoxy) is 3. The Morgan fingerprint density at radius 2 is 2.10 bits per heavy atom. The van der Waals surface area contributed by atoms with Crippen LogP contribution in [-0.4, -0.2) is 75.6 Å². The first-order valence-electron chi connectivity index (χ1n) is 12.0. The fraction of sp³-hybridized carbons (Fsp3) is 0.417. The molecular formula is C24H26FN7O6S. The first kappa shape index (κ1) is 26.6. The van der Waals surface area contributed by atoms with Crippen molar-refractivity contribution in [1.82, 2.24) is 24.8 Å². The number of anilines is 2. The van der Waals surface area contributed by atoms with Crippen LogP contribution in [0, 0.1) is 11.7 Å². The molecule has 0 radical (unpaired) electrons. The summed E-state index contributed by atoms with van der Waals surface area (Å²) in [6.45, 7) is 2.93. The van der Waals surface area contributed by atoms with Gasteiger partial charge in [0.05, 0.1) is 31.1 Å². The Hall–Kier alpha value is -3.98. The first-order valence-corrected chi connectivity index (χ1v) is 13.3. The van der Waals surface area contributed by atoms with Gasteiger partial charge in [0.15, 0.2) is 34.7 Å². The number of hydrogen-bond donors (Lipinski definition) is 2. The molecule has 1 fully saturated rings. The highest BCUT2D eigenvalue weighted by atomic mass is 32.2. The quantitative estimate of drug-likeness (QED) is 0.393. The lowest BCUT2D eigenvalue weighted by Crippen LogP contribution is -2.43. The molecule has 15 heteroatoms. The molecule has 2 atom stereocenters. The summed E-state index contributed by atoms with van der Waals surface area (Å²) < 4.78 is 32.6. The number of nitrogens with zero attached hydrogens (tertiary/aromatic N) is 5. The number of amides is 2. The number of fused-ring (bicyclic) bond motifs is 2. The number of rotatable bonds is 9. The summed E-state index contributed by atoms with van der Waals surface area (Å²) in [6.07, 6.45) is 3.81. The second kappa shape index (κ2) is 10.6. The van der Waals surface area contributed by atoms with Crippen molar-refractivity contribution < 1.29 is 28.2 Å². The van der Waals surface area contributed by atoms with Crippen molar-refractivity contribution in [3.05, 3.63) is 40.7 Å². The van der Waals surface area contributed by atoms with Gasteiger partial charge in [-0.25, -0.2) is 24.1 Å². The fourth-order valence-electron chi connectivity index (χ4n) is 4.20. The van der Waals surface area contributed by atoms with Crippen molar-refractivity contribution in [1.29, 1.82) is 0 Å². The summed E-state index contributed by atoms with van der Waals surface area (Å²) in [5.74, 6) is -0.478. The van der Waals surface area contributed by atoms with Crippen LogP contribution in [0.3, 0.4) is 0 Å². The topological polar surface area (TPSA) is 150 Å². The molecule has 206 valence electrons. The minimum absolute atomic E-state index is 0.0271. The van der Waals surface area contributed by atoms with Gasteiger partial charge in [-0.05, 0) is 18.4 Å². The molecule has 2 aliphatic rings. The van der Waals surface area contributed by atoms with Gasteiger partial charge in [0.1, 0.15) is 5.52 Å². The van der Waals surface area contributed by atoms with Crippen LogP contribution in [0.5, 0.6) is 11.6 Å². The average molecular weight is 560 g/mol. The van der Waals surface area contributed by atoms with Crippen molar-refractivity contribution >= 4 is 46.4 Å². The minimum atomic E-state index is -0.902. The van der Waals surface area contributed by atoms with Gasteiger partial charge in [0.25, 0.3) is 17.3 Å². The number of aryl methyl sites for hydroxylation is 1. The molecule has 1 aromatic carbocycles. The highest BCUT2D eigenvalue weighted by Crippen LogP contribution is 2.35. The summed E-state index contributed by atoms with van der Waals surface area (Å²) >= 11 is 1.37. The van der Waals surface area contributed by atoms with Crippen molar-refractivity contribution in [3.63, 3.8) is 0 Å². The van der Waals surface area contributed by atoms with E-state index >= 15 is 0 Å². The van der Waals surface area contributed by atoms with E-state index in [2.05, 4.69) is 25.6 Å². The second-order valence-electron chi connectivity index (χ2n) is 9.23. The number of benzene rings is 1. The molecule has 2 N–H and O–H groups in total. The van der Waals surface area contributed by atoms with Crippen LogP contribution in [-0.2, 0) is 16.6 Å². The third-order valence-electron chi connectivity index (χ3n) is 6.31. The van der Waals surface area contributed by atoms with E-state index in [1.165, 1.54) is 52.8 Å². The van der Waals surface area contributed by atoms with E-state index in [0.29, 0.717) is 24.1 Å². The zero-order valence-electron chi connectivity index (χ0n) is 21.4. The smallest absolute Gasteiger partial charge is 0.417 e. The summed E-state index contributed by atoms with van der Waals surface area (Å²) in [7, 11) is 1.54. The molecule has 0 bridgehead atoms. The zero-order valence-corrected chi connectivity index (χ0v) is 22.2. The number of carbonyl (C=O) groups excluding carboxylic acids is 2. The van der Waals surface area contributed by atoms with Crippen LogP contribution in [0.15, 0.2) is 29.3 Å². The van der Waals surface area contributed by atoms with Crippen LogP contribution in [0.4, 0.5) is 20.8 Å². The molecule has 0 aliphatic carbocycles. The monoisotopic (exact) mass is 559 g/mol. The highest BCUT2D eigenvalue weighted by Gasteiger charge is 2.46. The average Bonchev–Trinajstić information content (AvgIpc) is 3.26. The van der Waals surface area contributed by atoms with Gasteiger partial charge in [-0.15, -0.1) is 11.8 Å². The lowest BCUT2D eigenvalue weighted by atomic mass is 10.2. The van der Waals surface area contributed by atoms with Crippen molar-refractivity contribution in [2.45, 2.75) is 11.9 Å². The number of cyclic esters (lactones) is 1. The third kappa shape index (κ3) is 5.31. The van der Waals surface area contributed by atoms with E-state index in [1.54, 1.807) is 0 Å². The van der Waals surface area contributed by atoms with Crippen LogP contribution >= 0.6 is 11.8 Å². The van der Waals surface area contributed by atoms with Gasteiger partial charge >= 0.3 is 6.09 Å². The number of aromatic nitrogens is 4. The lowest BCUT2D eigenvalue weighted by molar-refractivity contribution is -0.118. The number of thioether (sulfide) groups is 1. The molecule has 2 aromatic heterocycles. The number of nitrogens with one attached hydrogen (secondary N) is 2. The predicted molar refractivity (Wildman–Crippen MR) is 141 cm³/mol. The summed E-state index contributed by atoms with van der Waals surface area (Å²) in [6, 6.07) is 2.75. The van der Waals surface area contributed by atoms with Crippen LogP contribution in [0.25, 0.3) is 11.0 Å². The van der Waals surface area contributed by atoms with E-state index in [-0.39, 0.29) is 60.4 Å². The van der Waals surface area contributed by atoms with Gasteiger partial charge < -0.3 is 29.4 Å². The molecule has 1 saturated heterocycles. The maximum atomic E-state index is 14.6. The maximum Gasteiger partial charge on any atom is 0.417 e. The molecule has 5 rings (SSSR count). The van der Waals surface area contributed by atoms with Gasteiger partial charge in [-0.1, -0.05) is 6.92 Å². The highest BCUT2D eigenvalue weighted by molar-refractivity contribution is 7.99. The fourth-order valence-corrected chi connectivity index (χ4v) is 4.86. The Labute approximate surface area is 226 Å². The van der Waals surface area contributed by atoms with Gasteiger partial charge in [0.2, 0.25) is 0 Å². The Morgan fingerprint density at radius 3 is 2.90 bits per heavy atom. The Morgan fingerprint density at radius 1 is 1.28 bits per heavy atom. The van der Waals surface area contributed by atoms with E-state index < -0.39 is 16.8 Å². The van der Waals surface area contributed by atoms with Gasteiger partial charge in [0, 0.05) is 26.1 Å². The Kier molecular flexibility index (Phi) is 7.27.